The fourth-order valence-electron chi connectivity index (χ4n) is 1.55. The second-order valence-corrected chi connectivity index (χ2v) is 6.57. The summed E-state index contributed by atoms with van der Waals surface area (Å²) in [7, 11) is 0. The molecule has 0 aliphatic heterocycles. The first-order chi connectivity index (χ1) is 10.5. The van der Waals surface area contributed by atoms with Gasteiger partial charge < -0.3 is 10.6 Å². The van der Waals surface area contributed by atoms with E-state index in [9.17, 15) is 14.0 Å². The smallest absolute Gasteiger partial charge is 0.236 e. The standard InChI is InChI=1S/C14H14FN3O2S2/c1-9-6-16-14(22-9)18-13(20)8-21-7-12(19)17-11-5-3-2-4-10(11)15/h2-6H,7-8H2,1H3,(H,17,19)(H,16,18,20). The van der Waals surface area contributed by atoms with Crippen LogP contribution < -0.4 is 10.6 Å². The van der Waals surface area contributed by atoms with Crippen molar-refractivity contribution in [3.63, 3.8) is 0 Å². The van der Waals surface area contributed by atoms with E-state index in [4.69, 9.17) is 0 Å². The molecule has 8 heteroatoms. The van der Waals surface area contributed by atoms with Gasteiger partial charge in [-0.2, -0.15) is 0 Å². The molecule has 0 radical (unpaired) electrons. The molecular weight excluding hydrogens is 325 g/mol. The van der Waals surface area contributed by atoms with Crippen LogP contribution in [0.4, 0.5) is 15.2 Å². The average molecular weight is 339 g/mol. The number of aromatic nitrogens is 1. The van der Waals surface area contributed by atoms with Gasteiger partial charge in [-0.25, -0.2) is 9.37 Å². The Hall–Kier alpha value is -1.93. The maximum atomic E-state index is 13.4. The van der Waals surface area contributed by atoms with Crippen molar-refractivity contribution in [2.45, 2.75) is 6.92 Å². The van der Waals surface area contributed by atoms with E-state index < -0.39 is 5.82 Å². The molecule has 0 aliphatic rings. The highest BCUT2D eigenvalue weighted by atomic mass is 32.2. The Morgan fingerprint density at radius 3 is 2.55 bits per heavy atom. The van der Waals surface area contributed by atoms with Gasteiger partial charge in [-0.15, -0.1) is 23.1 Å². The van der Waals surface area contributed by atoms with Crippen LogP contribution >= 0.6 is 23.1 Å². The molecule has 2 aromatic rings. The minimum atomic E-state index is -0.488. The van der Waals surface area contributed by atoms with Gasteiger partial charge in [-0.3, -0.25) is 9.59 Å². The number of hydrogen-bond acceptors (Lipinski definition) is 5. The third-order valence-electron chi connectivity index (χ3n) is 2.48. The summed E-state index contributed by atoms with van der Waals surface area (Å²) in [5.74, 6) is -0.870. The molecule has 0 spiro atoms. The molecule has 1 aromatic heterocycles. The van der Waals surface area contributed by atoms with E-state index in [0.717, 1.165) is 16.6 Å². The lowest BCUT2D eigenvalue weighted by Gasteiger charge is -2.06. The minimum Gasteiger partial charge on any atom is -0.323 e. The van der Waals surface area contributed by atoms with Crippen LogP contribution in [0, 0.1) is 12.7 Å². The van der Waals surface area contributed by atoms with E-state index in [1.165, 1.54) is 23.5 Å². The zero-order chi connectivity index (χ0) is 15.9. The lowest BCUT2D eigenvalue weighted by molar-refractivity contribution is -0.114. The molecular formula is C14H14FN3O2S2. The zero-order valence-corrected chi connectivity index (χ0v) is 13.4. The van der Waals surface area contributed by atoms with E-state index in [0.29, 0.717) is 5.13 Å². The van der Waals surface area contributed by atoms with Crippen LogP contribution in [0.25, 0.3) is 0 Å². The molecule has 1 aromatic carbocycles. The number of benzene rings is 1. The molecule has 1 heterocycles. The van der Waals surface area contributed by atoms with Crippen molar-refractivity contribution >= 4 is 45.7 Å². The number of carbonyl (C=O) groups excluding carboxylic acids is 2. The number of nitrogens with one attached hydrogen (secondary N) is 2. The third-order valence-corrected chi connectivity index (χ3v) is 4.24. The van der Waals surface area contributed by atoms with Gasteiger partial charge in [-0.1, -0.05) is 12.1 Å². The number of thiazole rings is 1. The number of carbonyl (C=O) groups is 2. The van der Waals surface area contributed by atoms with Crippen molar-refractivity contribution in [1.29, 1.82) is 0 Å². The minimum absolute atomic E-state index is 0.0681. The molecule has 0 bridgehead atoms. The third kappa shape index (κ3) is 5.12. The van der Waals surface area contributed by atoms with Crippen molar-refractivity contribution in [3.05, 3.63) is 41.2 Å². The van der Waals surface area contributed by atoms with E-state index in [1.807, 2.05) is 6.92 Å². The summed E-state index contributed by atoms with van der Waals surface area (Å²) in [5.41, 5.74) is 0.135. The molecule has 0 saturated carbocycles. The van der Waals surface area contributed by atoms with Gasteiger partial charge in [0, 0.05) is 11.1 Å². The monoisotopic (exact) mass is 339 g/mol. The number of halogens is 1. The maximum absolute atomic E-state index is 13.4. The number of amides is 2. The Morgan fingerprint density at radius 1 is 1.23 bits per heavy atom. The number of rotatable bonds is 6. The molecule has 116 valence electrons. The van der Waals surface area contributed by atoms with Crippen LogP contribution in [0.15, 0.2) is 30.5 Å². The van der Waals surface area contributed by atoms with Gasteiger partial charge in [0.25, 0.3) is 0 Å². The normalized spacial score (nSPS) is 10.3. The van der Waals surface area contributed by atoms with Crippen LogP contribution in [-0.2, 0) is 9.59 Å². The summed E-state index contributed by atoms with van der Waals surface area (Å²) in [6, 6.07) is 5.93. The van der Waals surface area contributed by atoms with Crippen LogP contribution in [-0.4, -0.2) is 28.3 Å². The molecule has 0 saturated heterocycles. The summed E-state index contributed by atoms with van der Waals surface area (Å²) in [4.78, 5) is 28.4. The van der Waals surface area contributed by atoms with Crippen molar-refractivity contribution in [2.24, 2.45) is 0 Å². The van der Waals surface area contributed by atoms with Crippen molar-refractivity contribution < 1.29 is 14.0 Å². The lowest BCUT2D eigenvalue weighted by atomic mass is 10.3. The van der Waals surface area contributed by atoms with Crippen molar-refractivity contribution in [2.75, 3.05) is 22.1 Å². The molecule has 0 fully saturated rings. The topological polar surface area (TPSA) is 71.1 Å². The predicted molar refractivity (Wildman–Crippen MR) is 87.8 cm³/mol. The van der Waals surface area contributed by atoms with Crippen LogP contribution in [0.5, 0.6) is 0 Å². The Morgan fingerprint density at radius 2 is 1.91 bits per heavy atom. The molecule has 0 aliphatic carbocycles. The van der Waals surface area contributed by atoms with Crippen LogP contribution in [0.2, 0.25) is 0 Å². The molecule has 22 heavy (non-hydrogen) atoms. The van der Waals surface area contributed by atoms with Gasteiger partial charge in [-0.05, 0) is 19.1 Å². The van der Waals surface area contributed by atoms with E-state index in [1.54, 1.807) is 18.3 Å². The SMILES string of the molecule is Cc1cnc(NC(=O)CSCC(=O)Nc2ccccc2F)s1. The Bertz CT molecular complexity index is 676. The number of hydrogen-bond donors (Lipinski definition) is 2. The summed E-state index contributed by atoms with van der Waals surface area (Å²) in [5, 5.41) is 5.65. The van der Waals surface area contributed by atoms with E-state index in [2.05, 4.69) is 15.6 Å². The van der Waals surface area contributed by atoms with Crippen molar-refractivity contribution in [1.82, 2.24) is 4.98 Å². The van der Waals surface area contributed by atoms with Crippen LogP contribution in [0.3, 0.4) is 0 Å². The first kappa shape index (κ1) is 16.4. The fraction of sp³-hybridized carbons (Fsp3) is 0.214. The Labute approximate surface area is 135 Å². The van der Waals surface area contributed by atoms with Crippen LogP contribution in [0.1, 0.15) is 4.88 Å². The average Bonchev–Trinajstić information content (AvgIpc) is 2.86. The maximum Gasteiger partial charge on any atom is 0.236 e. The Balaban J connectivity index is 1.70. The van der Waals surface area contributed by atoms with Gasteiger partial charge in [0.05, 0.1) is 17.2 Å². The number of para-hydroxylation sites is 1. The highest BCUT2D eigenvalue weighted by molar-refractivity contribution is 8.00. The second kappa shape index (κ2) is 7.90. The predicted octanol–water partition coefficient (Wildman–Crippen LogP) is 2.90. The Kier molecular flexibility index (Phi) is 5.91. The van der Waals surface area contributed by atoms with Gasteiger partial charge in [0.15, 0.2) is 5.13 Å². The molecule has 0 unspecified atom stereocenters. The summed E-state index contributed by atoms with van der Waals surface area (Å²) >= 11 is 2.54. The molecule has 0 atom stereocenters. The lowest BCUT2D eigenvalue weighted by Crippen LogP contribution is -2.18. The summed E-state index contributed by atoms with van der Waals surface area (Å²) < 4.78 is 13.4. The van der Waals surface area contributed by atoms with Gasteiger partial charge >= 0.3 is 0 Å². The fourth-order valence-corrected chi connectivity index (χ4v) is 2.85. The molecule has 2 amide bonds. The number of anilines is 2. The first-order valence-electron chi connectivity index (χ1n) is 6.39. The van der Waals surface area contributed by atoms with E-state index in [-0.39, 0.29) is 29.0 Å². The highest BCUT2D eigenvalue weighted by Gasteiger charge is 2.09. The summed E-state index contributed by atoms with van der Waals surface area (Å²) in [6.07, 6.45) is 1.68. The summed E-state index contributed by atoms with van der Waals surface area (Å²) in [6.45, 7) is 1.90. The van der Waals surface area contributed by atoms with E-state index >= 15 is 0 Å². The van der Waals surface area contributed by atoms with Gasteiger partial charge in [0.2, 0.25) is 11.8 Å². The van der Waals surface area contributed by atoms with Gasteiger partial charge in [0.1, 0.15) is 5.82 Å². The highest BCUT2D eigenvalue weighted by Crippen LogP contribution is 2.17. The second-order valence-electron chi connectivity index (χ2n) is 4.35. The number of aryl methyl sites for hydroxylation is 1. The molecule has 2 rings (SSSR count). The largest absolute Gasteiger partial charge is 0.323 e. The number of thioether (sulfide) groups is 1. The number of nitrogens with zero attached hydrogens (tertiary/aromatic N) is 1. The van der Waals surface area contributed by atoms with Crippen molar-refractivity contribution in [3.8, 4) is 0 Å². The quantitative estimate of drug-likeness (QED) is 0.849. The first-order valence-corrected chi connectivity index (χ1v) is 8.36. The molecule has 5 nitrogen and oxygen atoms in total. The molecule has 2 N–H and O–H groups in total. The zero-order valence-electron chi connectivity index (χ0n) is 11.8.